The third-order valence-electron chi connectivity index (χ3n) is 2.55. The van der Waals surface area contributed by atoms with Gasteiger partial charge < -0.3 is 5.11 Å². The molecule has 0 aliphatic heterocycles. The van der Waals surface area contributed by atoms with Gasteiger partial charge in [0.1, 0.15) is 5.75 Å². The largest absolute Gasteiger partial charge is 0.506 e. The third kappa shape index (κ3) is 2.48. The van der Waals surface area contributed by atoms with E-state index in [0.29, 0.717) is 10.6 Å². The Morgan fingerprint density at radius 1 is 1.12 bits per heavy atom. The van der Waals surface area contributed by atoms with Crippen LogP contribution >= 0.6 is 11.6 Å². The number of carbonyl (C=O) groups is 1. The minimum Gasteiger partial charge on any atom is -0.506 e. The molecular weight excluding hydrogens is 236 g/mol. The minimum absolute atomic E-state index is 0.0186. The first kappa shape index (κ1) is 11.7. The van der Waals surface area contributed by atoms with Crippen LogP contribution in [0.25, 0.3) is 11.1 Å². The van der Waals surface area contributed by atoms with E-state index in [1.54, 1.807) is 30.3 Å². The molecule has 0 atom stereocenters. The van der Waals surface area contributed by atoms with Gasteiger partial charge in [-0.2, -0.15) is 0 Å². The van der Waals surface area contributed by atoms with Gasteiger partial charge in [-0.15, -0.1) is 0 Å². The molecule has 2 aromatic carbocycles. The lowest BCUT2D eigenvalue weighted by Gasteiger charge is -2.05. The van der Waals surface area contributed by atoms with Crippen molar-refractivity contribution in [1.29, 1.82) is 0 Å². The zero-order valence-electron chi connectivity index (χ0n) is 9.27. The summed E-state index contributed by atoms with van der Waals surface area (Å²) in [5.41, 5.74) is 2.36. The SMILES string of the molecule is CC(=O)c1cccc(-c2ccc(Cl)c(O)c2)c1. The van der Waals surface area contributed by atoms with Crippen LogP contribution in [-0.4, -0.2) is 10.9 Å². The molecule has 0 bridgehead atoms. The molecule has 0 fully saturated rings. The maximum absolute atomic E-state index is 11.3. The van der Waals surface area contributed by atoms with E-state index in [0.717, 1.165) is 11.1 Å². The van der Waals surface area contributed by atoms with E-state index in [4.69, 9.17) is 11.6 Å². The summed E-state index contributed by atoms with van der Waals surface area (Å²) in [6, 6.07) is 12.3. The Morgan fingerprint density at radius 3 is 2.47 bits per heavy atom. The van der Waals surface area contributed by atoms with Gasteiger partial charge in [0.15, 0.2) is 5.78 Å². The number of aromatic hydroxyl groups is 1. The second-order valence-electron chi connectivity index (χ2n) is 3.80. The van der Waals surface area contributed by atoms with Crippen LogP contribution in [0.15, 0.2) is 42.5 Å². The van der Waals surface area contributed by atoms with Crippen molar-refractivity contribution in [3.63, 3.8) is 0 Å². The quantitative estimate of drug-likeness (QED) is 0.816. The zero-order chi connectivity index (χ0) is 12.4. The average molecular weight is 247 g/mol. The Kier molecular flexibility index (Phi) is 3.16. The summed E-state index contributed by atoms with van der Waals surface area (Å²) < 4.78 is 0. The number of halogens is 1. The highest BCUT2D eigenvalue weighted by molar-refractivity contribution is 6.32. The molecule has 0 aromatic heterocycles. The van der Waals surface area contributed by atoms with Gasteiger partial charge in [-0.3, -0.25) is 4.79 Å². The lowest BCUT2D eigenvalue weighted by Crippen LogP contribution is -1.91. The maximum atomic E-state index is 11.3. The van der Waals surface area contributed by atoms with Crippen LogP contribution in [0.1, 0.15) is 17.3 Å². The van der Waals surface area contributed by atoms with E-state index in [1.165, 1.54) is 6.92 Å². The number of Topliss-reactive ketones (excluding diaryl/α,β-unsaturated/α-hetero) is 1. The van der Waals surface area contributed by atoms with E-state index >= 15 is 0 Å². The Morgan fingerprint density at radius 2 is 1.82 bits per heavy atom. The van der Waals surface area contributed by atoms with Crippen molar-refractivity contribution >= 4 is 17.4 Å². The molecule has 86 valence electrons. The fraction of sp³-hybridized carbons (Fsp3) is 0.0714. The van der Waals surface area contributed by atoms with Crippen molar-refractivity contribution in [1.82, 2.24) is 0 Å². The number of hydrogen-bond acceptors (Lipinski definition) is 2. The summed E-state index contributed by atoms with van der Waals surface area (Å²) in [7, 11) is 0. The van der Waals surface area contributed by atoms with Crippen molar-refractivity contribution < 1.29 is 9.90 Å². The number of rotatable bonds is 2. The summed E-state index contributed by atoms with van der Waals surface area (Å²) in [6.07, 6.45) is 0. The molecule has 3 heteroatoms. The second kappa shape index (κ2) is 4.60. The van der Waals surface area contributed by atoms with Crippen LogP contribution in [0.2, 0.25) is 5.02 Å². The van der Waals surface area contributed by atoms with Crippen molar-refractivity contribution in [2.24, 2.45) is 0 Å². The smallest absolute Gasteiger partial charge is 0.159 e. The van der Waals surface area contributed by atoms with Gasteiger partial charge in [-0.1, -0.05) is 35.9 Å². The Bertz CT molecular complexity index is 576. The molecular formula is C14H11ClO2. The van der Waals surface area contributed by atoms with E-state index in [1.807, 2.05) is 12.1 Å². The fourth-order valence-electron chi connectivity index (χ4n) is 1.61. The number of carbonyl (C=O) groups excluding carboxylic acids is 1. The summed E-state index contributed by atoms with van der Waals surface area (Å²) >= 11 is 5.75. The third-order valence-corrected chi connectivity index (χ3v) is 2.87. The van der Waals surface area contributed by atoms with Crippen LogP contribution in [0.3, 0.4) is 0 Å². The summed E-state index contributed by atoms with van der Waals surface area (Å²) in [6.45, 7) is 1.53. The number of phenols is 1. The first-order valence-corrected chi connectivity index (χ1v) is 5.55. The first-order valence-electron chi connectivity index (χ1n) is 5.18. The highest BCUT2D eigenvalue weighted by Gasteiger charge is 2.05. The van der Waals surface area contributed by atoms with Gasteiger partial charge in [-0.05, 0) is 36.2 Å². The highest BCUT2D eigenvalue weighted by Crippen LogP contribution is 2.29. The zero-order valence-corrected chi connectivity index (χ0v) is 10.0. The molecule has 1 N–H and O–H groups in total. The molecule has 17 heavy (non-hydrogen) atoms. The molecule has 0 amide bonds. The lowest BCUT2D eigenvalue weighted by molar-refractivity contribution is 0.101. The molecule has 2 rings (SSSR count). The van der Waals surface area contributed by atoms with Crippen LogP contribution in [0.5, 0.6) is 5.75 Å². The lowest BCUT2D eigenvalue weighted by atomic mass is 10.0. The molecule has 0 saturated carbocycles. The topological polar surface area (TPSA) is 37.3 Å². The highest BCUT2D eigenvalue weighted by atomic mass is 35.5. The van der Waals surface area contributed by atoms with Crippen molar-refractivity contribution in [2.45, 2.75) is 6.92 Å². The minimum atomic E-state index is 0.0186. The number of benzene rings is 2. The predicted molar refractivity (Wildman–Crippen MR) is 68.6 cm³/mol. The predicted octanol–water partition coefficient (Wildman–Crippen LogP) is 3.92. The van der Waals surface area contributed by atoms with Gasteiger partial charge in [0.05, 0.1) is 5.02 Å². The van der Waals surface area contributed by atoms with Gasteiger partial charge in [0.2, 0.25) is 0 Å². The Labute approximate surface area is 104 Å². The van der Waals surface area contributed by atoms with E-state index in [-0.39, 0.29) is 11.5 Å². The number of ketones is 1. The molecule has 0 saturated heterocycles. The molecule has 0 spiro atoms. The van der Waals surface area contributed by atoms with Gasteiger partial charge in [0, 0.05) is 5.56 Å². The molecule has 0 aliphatic rings. The molecule has 0 heterocycles. The first-order chi connectivity index (χ1) is 8.08. The van der Waals surface area contributed by atoms with Gasteiger partial charge in [-0.25, -0.2) is 0 Å². The van der Waals surface area contributed by atoms with E-state index in [2.05, 4.69) is 0 Å². The fourth-order valence-corrected chi connectivity index (χ4v) is 1.73. The summed E-state index contributed by atoms with van der Waals surface area (Å²) in [5.74, 6) is 0.0578. The van der Waals surface area contributed by atoms with Crippen LogP contribution in [-0.2, 0) is 0 Å². The molecule has 0 radical (unpaired) electrons. The van der Waals surface area contributed by atoms with E-state index in [9.17, 15) is 9.90 Å². The van der Waals surface area contributed by atoms with Crippen LogP contribution in [0, 0.1) is 0 Å². The van der Waals surface area contributed by atoms with Crippen LogP contribution in [0.4, 0.5) is 0 Å². The monoisotopic (exact) mass is 246 g/mol. The van der Waals surface area contributed by atoms with Gasteiger partial charge in [0.25, 0.3) is 0 Å². The molecule has 0 aliphatic carbocycles. The molecule has 0 unspecified atom stereocenters. The summed E-state index contributed by atoms with van der Waals surface area (Å²) in [4.78, 5) is 11.3. The number of phenolic OH excluding ortho intramolecular Hbond substituents is 1. The molecule has 2 aromatic rings. The summed E-state index contributed by atoms with van der Waals surface area (Å²) in [5, 5.41) is 9.86. The average Bonchev–Trinajstić information content (AvgIpc) is 2.33. The van der Waals surface area contributed by atoms with Crippen molar-refractivity contribution in [2.75, 3.05) is 0 Å². The molecule has 2 nitrogen and oxygen atoms in total. The maximum Gasteiger partial charge on any atom is 0.159 e. The van der Waals surface area contributed by atoms with Crippen LogP contribution < -0.4 is 0 Å². The standard InChI is InChI=1S/C14H11ClO2/c1-9(16)10-3-2-4-11(7-10)12-5-6-13(15)14(17)8-12/h2-8,17H,1H3. The van der Waals surface area contributed by atoms with E-state index < -0.39 is 0 Å². The Balaban J connectivity index is 2.49. The normalized spacial score (nSPS) is 10.2. The number of hydrogen-bond donors (Lipinski definition) is 1. The van der Waals surface area contributed by atoms with Crippen molar-refractivity contribution in [3.05, 3.63) is 53.1 Å². The van der Waals surface area contributed by atoms with Crippen molar-refractivity contribution in [3.8, 4) is 16.9 Å². The van der Waals surface area contributed by atoms with Gasteiger partial charge >= 0.3 is 0 Å². The second-order valence-corrected chi connectivity index (χ2v) is 4.21. The Hall–Kier alpha value is -1.80.